The number of aromatic nitrogens is 1. The number of amides is 1. The second-order valence-electron chi connectivity index (χ2n) is 4.99. The van der Waals surface area contributed by atoms with Gasteiger partial charge in [0.1, 0.15) is 17.0 Å². The van der Waals surface area contributed by atoms with E-state index in [1.54, 1.807) is 0 Å². The highest BCUT2D eigenvalue weighted by molar-refractivity contribution is 5.98. The first-order chi connectivity index (χ1) is 11.1. The van der Waals surface area contributed by atoms with Crippen molar-refractivity contribution in [3.63, 3.8) is 0 Å². The van der Waals surface area contributed by atoms with Crippen molar-refractivity contribution in [3.8, 4) is 11.3 Å². The van der Waals surface area contributed by atoms with Gasteiger partial charge < -0.3 is 15.0 Å². The van der Waals surface area contributed by atoms with Gasteiger partial charge >= 0.3 is 12.1 Å². The summed E-state index contributed by atoms with van der Waals surface area (Å²) in [7, 11) is 0. The lowest BCUT2D eigenvalue weighted by atomic mass is 10.0. The molecule has 128 valence electrons. The number of nitrogens with two attached hydrogens (primary N) is 1. The number of aryl methyl sites for hydroxylation is 1. The monoisotopic (exact) mass is 342 g/mol. The minimum absolute atomic E-state index is 0.0166. The minimum atomic E-state index is -4.48. The van der Waals surface area contributed by atoms with Crippen molar-refractivity contribution < 1.29 is 32.0 Å². The molecule has 0 saturated heterocycles. The van der Waals surface area contributed by atoms with E-state index in [1.807, 2.05) is 0 Å². The van der Waals surface area contributed by atoms with Gasteiger partial charge in [-0.1, -0.05) is 17.3 Å². The Morgan fingerprint density at radius 3 is 2.33 bits per heavy atom. The highest BCUT2D eigenvalue weighted by Crippen LogP contribution is 2.32. The molecule has 2 N–H and O–H groups in total. The van der Waals surface area contributed by atoms with E-state index in [4.69, 9.17) is 15.0 Å². The summed E-state index contributed by atoms with van der Waals surface area (Å²) in [6.07, 6.45) is -5.65. The van der Waals surface area contributed by atoms with Crippen LogP contribution in [0.4, 0.5) is 13.2 Å². The van der Waals surface area contributed by atoms with Crippen molar-refractivity contribution in [3.05, 3.63) is 41.2 Å². The van der Waals surface area contributed by atoms with Crippen molar-refractivity contribution in [2.75, 3.05) is 0 Å². The highest BCUT2D eigenvalue weighted by Gasteiger charge is 2.31. The smallest absolute Gasteiger partial charge is 0.416 e. The third kappa shape index (κ3) is 3.55. The summed E-state index contributed by atoms with van der Waals surface area (Å²) >= 11 is 0. The summed E-state index contributed by atoms with van der Waals surface area (Å²) < 4.78 is 47.6. The molecule has 0 radical (unpaired) electrons. The van der Waals surface area contributed by atoms with E-state index < -0.39 is 29.7 Å². The van der Waals surface area contributed by atoms with Crippen LogP contribution < -0.4 is 5.73 Å². The lowest BCUT2D eigenvalue weighted by Crippen LogP contribution is -2.30. The van der Waals surface area contributed by atoms with E-state index in [9.17, 15) is 22.8 Å². The van der Waals surface area contributed by atoms with Crippen LogP contribution in [0.25, 0.3) is 11.3 Å². The first kappa shape index (κ1) is 17.5. The maximum atomic E-state index is 12.6. The van der Waals surface area contributed by atoms with Gasteiger partial charge in [-0.25, -0.2) is 4.79 Å². The van der Waals surface area contributed by atoms with Crippen LogP contribution in [0.15, 0.2) is 28.8 Å². The van der Waals surface area contributed by atoms with Crippen molar-refractivity contribution in [2.24, 2.45) is 5.73 Å². The van der Waals surface area contributed by atoms with Gasteiger partial charge in [-0.3, -0.25) is 4.79 Å². The van der Waals surface area contributed by atoms with E-state index in [2.05, 4.69) is 5.16 Å². The number of benzene rings is 1. The topological polar surface area (TPSA) is 95.4 Å². The fourth-order valence-electron chi connectivity index (χ4n) is 1.90. The van der Waals surface area contributed by atoms with Crippen LogP contribution in [0.3, 0.4) is 0 Å². The predicted octanol–water partition coefficient (Wildman–Crippen LogP) is 2.70. The molecule has 2 rings (SSSR count). The molecule has 0 fully saturated rings. The molecule has 6 nitrogen and oxygen atoms in total. The van der Waals surface area contributed by atoms with E-state index in [0.29, 0.717) is 0 Å². The van der Waals surface area contributed by atoms with Crippen LogP contribution in [-0.4, -0.2) is 23.1 Å². The summed E-state index contributed by atoms with van der Waals surface area (Å²) in [4.78, 5) is 23.1. The van der Waals surface area contributed by atoms with Gasteiger partial charge in [0.2, 0.25) is 0 Å². The normalized spacial score (nSPS) is 12.7. The minimum Gasteiger partial charge on any atom is -0.449 e. The summed E-state index contributed by atoms with van der Waals surface area (Å²) in [6.45, 7) is 2.73. The number of nitrogens with zero attached hydrogens (tertiary/aromatic N) is 1. The van der Waals surface area contributed by atoms with Gasteiger partial charge in [0, 0.05) is 5.56 Å². The van der Waals surface area contributed by atoms with Gasteiger partial charge in [0.15, 0.2) is 6.10 Å². The zero-order valence-corrected chi connectivity index (χ0v) is 12.7. The quantitative estimate of drug-likeness (QED) is 0.862. The Morgan fingerprint density at radius 1 is 1.25 bits per heavy atom. The van der Waals surface area contributed by atoms with Gasteiger partial charge in [0.25, 0.3) is 5.91 Å². The molecule has 0 aliphatic heterocycles. The van der Waals surface area contributed by atoms with Crippen LogP contribution in [0.2, 0.25) is 0 Å². The predicted molar refractivity (Wildman–Crippen MR) is 75.7 cm³/mol. The molecule has 1 amide bonds. The molecular formula is C15H13F3N2O4. The van der Waals surface area contributed by atoms with Gasteiger partial charge in [-0.05, 0) is 26.0 Å². The molecular weight excluding hydrogens is 329 g/mol. The first-order valence-corrected chi connectivity index (χ1v) is 6.75. The number of rotatable bonds is 4. The van der Waals surface area contributed by atoms with Gasteiger partial charge in [0.05, 0.1) is 5.56 Å². The Labute approximate surface area is 134 Å². The largest absolute Gasteiger partial charge is 0.449 e. The molecule has 0 aliphatic rings. The van der Waals surface area contributed by atoms with Gasteiger partial charge in [-0.2, -0.15) is 13.2 Å². The molecule has 9 heteroatoms. The molecule has 0 bridgehead atoms. The highest BCUT2D eigenvalue weighted by atomic mass is 19.4. The Kier molecular flexibility index (Phi) is 4.63. The maximum absolute atomic E-state index is 12.6. The van der Waals surface area contributed by atoms with Crippen LogP contribution in [-0.2, 0) is 15.7 Å². The number of carbonyl (C=O) groups excluding carboxylic acids is 2. The standard InChI is InChI=1S/C15H13F3N2O4/c1-7-11(14(22)23-8(2)13(19)21)12(20-24-7)9-3-5-10(6-4-9)15(16,17)18/h3-6,8H,1-2H3,(H2,19,21). The third-order valence-corrected chi connectivity index (χ3v) is 3.24. The number of alkyl halides is 3. The second kappa shape index (κ2) is 6.34. The summed E-state index contributed by atoms with van der Waals surface area (Å²) in [5.41, 5.74) is 4.36. The Morgan fingerprint density at radius 2 is 1.83 bits per heavy atom. The van der Waals surface area contributed by atoms with E-state index in [1.165, 1.54) is 13.8 Å². The van der Waals surface area contributed by atoms with Crippen molar-refractivity contribution in [1.29, 1.82) is 0 Å². The van der Waals surface area contributed by atoms with E-state index in [-0.39, 0.29) is 22.6 Å². The SMILES string of the molecule is Cc1onc(-c2ccc(C(F)(F)F)cc2)c1C(=O)OC(C)C(N)=O. The van der Waals surface area contributed by atoms with Crippen LogP contribution >= 0.6 is 0 Å². The number of carbonyl (C=O) groups is 2. The van der Waals surface area contributed by atoms with Crippen LogP contribution in [0.1, 0.15) is 28.6 Å². The molecule has 2 aromatic rings. The summed E-state index contributed by atoms with van der Waals surface area (Å²) in [5, 5.41) is 3.68. The number of hydrogen-bond donors (Lipinski definition) is 1. The maximum Gasteiger partial charge on any atom is 0.416 e. The Bertz CT molecular complexity index is 766. The fraction of sp³-hybridized carbons (Fsp3) is 0.267. The van der Waals surface area contributed by atoms with Crippen molar-refractivity contribution in [2.45, 2.75) is 26.1 Å². The first-order valence-electron chi connectivity index (χ1n) is 6.75. The molecule has 0 saturated carbocycles. The Balaban J connectivity index is 2.36. The van der Waals surface area contributed by atoms with Crippen LogP contribution in [0.5, 0.6) is 0 Å². The number of hydrogen-bond acceptors (Lipinski definition) is 5. The molecule has 24 heavy (non-hydrogen) atoms. The third-order valence-electron chi connectivity index (χ3n) is 3.24. The summed E-state index contributed by atoms with van der Waals surface area (Å²) in [6, 6.07) is 4.05. The molecule has 0 aliphatic carbocycles. The van der Waals surface area contributed by atoms with Gasteiger partial charge in [-0.15, -0.1) is 0 Å². The van der Waals surface area contributed by atoms with Crippen molar-refractivity contribution in [1.82, 2.24) is 5.16 Å². The zero-order valence-electron chi connectivity index (χ0n) is 12.7. The Hall–Kier alpha value is -2.84. The lowest BCUT2D eigenvalue weighted by Gasteiger charge is -2.10. The van der Waals surface area contributed by atoms with Crippen molar-refractivity contribution >= 4 is 11.9 Å². The average Bonchev–Trinajstić information content (AvgIpc) is 2.88. The second-order valence-corrected chi connectivity index (χ2v) is 4.99. The van der Waals surface area contributed by atoms with Crippen LogP contribution in [0, 0.1) is 6.92 Å². The summed E-state index contributed by atoms with van der Waals surface area (Å²) in [5.74, 6) is -1.64. The molecule has 1 aromatic heterocycles. The number of primary amides is 1. The molecule has 0 spiro atoms. The number of ether oxygens (including phenoxy) is 1. The molecule has 1 unspecified atom stereocenters. The lowest BCUT2D eigenvalue weighted by molar-refractivity contribution is -0.137. The number of halogens is 3. The average molecular weight is 342 g/mol. The molecule has 1 aromatic carbocycles. The molecule has 1 atom stereocenters. The van der Waals surface area contributed by atoms with E-state index in [0.717, 1.165) is 24.3 Å². The van der Waals surface area contributed by atoms with E-state index >= 15 is 0 Å². The number of esters is 1. The zero-order chi connectivity index (χ0) is 18.1. The molecule has 1 heterocycles. The fourth-order valence-corrected chi connectivity index (χ4v) is 1.90.